The zero-order valence-electron chi connectivity index (χ0n) is 21.8. The Kier molecular flexibility index (Phi) is 8.77. The minimum Gasteiger partial charge on any atom is -0.492 e. The van der Waals surface area contributed by atoms with Crippen molar-refractivity contribution in [2.75, 3.05) is 65.6 Å². The van der Waals surface area contributed by atoms with Crippen molar-refractivity contribution in [2.24, 2.45) is 0 Å². The molecule has 0 saturated carbocycles. The van der Waals surface area contributed by atoms with Gasteiger partial charge in [-0.05, 0) is 67.8 Å². The van der Waals surface area contributed by atoms with Crippen LogP contribution in [0.4, 0.5) is 13.2 Å². The van der Waals surface area contributed by atoms with E-state index in [1.54, 1.807) is 4.90 Å². The molecule has 2 aromatic carbocycles. The van der Waals surface area contributed by atoms with E-state index in [9.17, 15) is 18.0 Å². The van der Waals surface area contributed by atoms with Crippen LogP contribution < -0.4 is 4.74 Å². The summed E-state index contributed by atoms with van der Waals surface area (Å²) in [6.45, 7) is 13.8. The van der Waals surface area contributed by atoms with Crippen molar-refractivity contribution >= 4 is 5.91 Å². The van der Waals surface area contributed by atoms with Crippen LogP contribution in [0.5, 0.6) is 5.75 Å². The molecule has 2 heterocycles. The molecule has 9 heteroatoms. The molecule has 2 aliphatic heterocycles. The molecule has 0 spiro atoms. The number of benzene rings is 2. The Hall–Kier alpha value is -2.62. The molecule has 1 unspecified atom stereocenters. The van der Waals surface area contributed by atoms with Gasteiger partial charge in [0.1, 0.15) is 12.4 Å². The highest BCUT2D eigenvalue weighted by molar-refractivity contribution is 5.94. The standard InChI is InChI=1S/C28H36F3N3O3/c1-20-21(2)26(37-19-16-32-14-17-36-18-15-32)9-8-25(20)22(3)33-10-12-34(13-11-33)27(35)23-4-6-24(7-5-23)28(29,30)31/h4-9,22H,10-19H2,1-3H3. The normalized spacial score (nSPS) is 18.6. The molecule has 0 bridgehead atoms. The van der Waals surface area contributed by atoms with Crippen molar-refractivity contribution in [3.63, 3.8) is 0 Å². The Morgan fingerprint density at radius 3 is 2.22 bits per heavy atom. The summed E-state index contributed by atoms with van der Waals surface area (Å²) in [5.74, 6) is 0.681. The number of morpholine rings is 1. The van der Waals surface area contributed by atoms with Crippen molar-refractivity contribution in [1.82, 2.24) is 14.7 Å². The number of ether oxygens (including phenoxy) is 2. The van der Waals surface area contributed by atoms with Crippen LogP contribution in [0.3, 0.4) is 0 Å². The molecule has 37 heavy (non-hydrogen) atoms. The van der Waals surface area contributed by atoms with Crippen molar-refractivity contribution < 1.29 is 27.4 Å². The summed E-state index contributed by atoms with van der Waals surface area (Å²) in [5, 5.41) is 0. The molecule has 6 nitrogen and oxygen atoms in total. The average Bonchev–Trinajstić information content (AvgIpc) is 2.91. The molecule has 1 atom stereocenters. The highest BCUT2D eigenvalue weighted by atomic mass is 19.4. The maximum atomic E-state index is 12.8. The van der Waals surface area contributed by atoms with Crippen LogP contribution in [0.15, 0.2) is 36.4 Å². The Morgan fingerprint density at radius 2 is 1.59 bits per heavy atom. The largest absolute Gasteiger partial charge is 0.492 e. The van der Waals surface area contributed by atoms with Gasteiger partial charge in [-0.1, -0.05) is 6.07 Å². The molecule has 2 saturated heterocycles. The van der Waals surface area contributed by atoms with Crippen molar-refractivity contribution in [1.29, 1.82) is 0 Å². The number of carbonyl (C=O) groups is 1. The fourth-order valence-electron chi connectivity index (χ4n) is 5.03. The van der Waals surface area contributed by atoms with E-state index < -0.39 is 11.7 Å². The van der Waals surface area contributed by atoms with E-state index in [2.05, 4.69) is 42.7 Å². The third-order valence-electron chi connectivity index (χ3n) is 7.61. The first kappa shape index (κ1) is 27.4. The summed E-state index contributed by atoms with van der Waals surface area (Å²) in [6, 6.07) is 8.81. The summed E-state index contributed by atoms with van der Waals surface area (Å²) in [5.41, 5.74) is 3.12. The number of carbonyl (C=O) groups excluding carboxylic acids is 1. The van der Waals surface area contributed by atoms with Crippen LogP contribution in [-0.2, 0) is 10.9 Å². The molecule has 0 aliphatic carbocycles. The van der Waals surface area contributed by atoms with Gasteiger partial charge in [-0.2, -0.15) is 13.2 Å². The molecular formula is C28H36F3N3O3. The van der Waals surface area contributed by atoms with Crippen molar-refractivity contribution in [3.8, 4) is 5.75 Å². The zero-order chi connectivity index (χ0) is 26.6. The van der Waals surface area contributed by atoms with E-state index in [0.717, 1.165) is 56.3 Å². The number of hydrogen-bond acceptors (Lipinski definition) is 5. The fourth-order valence-corrected chi connectivity index (χ4v) is 5.03. The van der Waals surface area contributed by atoms with E-state index in [-0.39, 0.29) is 17.5 Å². The molecule has 1 amide bonds. The van der Waals surface area contributed by atoms with Crippen LogP contribution in [0.25, 0.3) is 0 Å². The second-order valence-electron chi connectivity index (χ2n) is 9.78. The molecule has 4 rings (SSSR count). The third kappa shape index (κ3) is 6.64. The number of rotatable bonds is 7. The second kappa shape index (κ2) is 11.8. The SMILES string of the molecule is Cc1c(OCCN2CCOCC2)ccc(C(C)N2CCN(C(=O)c3ccc(C(F)(F)F)cc3)CC2)c1C. The Balaban J connectivity index is 1.31. The lowest BCUT2D eigenvalue weighted by Gasteiger charge is -2.39. The number of amides is 1. The summed E-state index contributed by atoms with van der Waals surface area (Å²) >= 11 is 0. The number of piperazine rings is 1. The molecule has 0 aromatic heterocycles. The summed E-state index contributed by atoms with van der Waals surface area (Å²) < 4.78 is 50.0. The van der Waals surface area contributed by atoms with E-state index in [4.69, 9.17) is 9.47 Å². The predicted molar refractivity (Wildman–Crippen MR) is 136 cm³/mol. The molecule has 2 aromatic rings. The highest BCUT2D eigenvalue weighted by Gasteiger charge is 2.31. The molecule has 0 N–H and O–H groups in total. The van der Waals surface area contributed by atoms with E-state index in [1.807, 2.05) is 0 Å². The van der Waals surface area contributed by atoms with Crippen LogP contribution in [-0.4, -0.2) is 86.2 Å². The van der Waals surface area contributed by atoms with Crippen LogP contribution >= 0.6 is 0 Å². The highest BCUT2D eigenvalue weighted by Crippen LogP contribution is 2.32. The third-order valence-corrected chi connectivity index (χ3v) is 7.61. The lowest BCUT2D eigenvalue weighted by molar-refractivity contribution is -0.137. The topological polar surface area (TPSA) is 45.3 Å². The zero-order valence-corrected chi connectivity index (χ0v) is 21.8. The van der Waals surface area contributed by atoms with Crippen LogP contribution in [0.2, 0.25) is 0 Å². The number of nitrogens with zero attached hydrogens (tertiary/aromatic N) is 3. The van der Waals surface area contributed by atoms with Gasteiger partial charge in [0.15, 0.2) is 0 Å². The Bertz CT molecular complexity index is 1060. The monoisotopic (exact) mass is 519 g/mol. The molecule has 202 valence electrons. The first-order valence-electron chi connectivity index (χ1n) is 12.9. The van der Waals surface area contributed by atoms with Crippen LogP contribution in [0.1, 0.15) is 45.6 Å². The quantitative estimate of drug-likeness (QED) is 0.537. The van der Waals surface area contributed by atoms with Crippen LogP contribution in [0, 0.1) is 13.8 Å². The average molecular weight is 520 g/mol. The minimum atomic E-state index is -4.41. The smallest absolute Gasteiger partial charge is 0.416 e. The van der Waals surface area contributed by atoms with Gasteiger partial charge >= 0.3 is 6.18 Å². The van der Waals surface area contributed by atoms with Gasteiger partial charge in [0, 0.05) is 57.4 Å². The fraction of sp³-hybridized carbons (Fsp3) is 0.536. The maximum absolute atomic E-state index is 12.8. The predicted octanol–water partition coefficient (Wildman–Crippen LogP) is 4.55. The van der Waals surface area contributed by atoms with E-state index in [0.29, 0.717) is 32.8 Å². The van der Waals surface area contributed by atoms with E-state index >= 15 is 0 Å². The number of hydrogen-bond donors (Lipinski definition) is 0. The van der Waals surface area contributed by atoms with Gasteiger partial charge in [0.25, 0.3) is 5.91 Å². The number of halogens is 3. The molecule has 0 radical (unpaired) electrons. The Morgan fingerprint density at radius 1 is 0.946 bits per heavy atom. The van der Waals surface area contributed by atoms with Gasteiger partial charge in [0.05, 0.1) is 18.8 Å². The van der Waals surface area contributed by atoms with Gasteiger partial charge < -0.3 is 14.4 Å². The van der Waals surface area contributed by atoms with Gasteiger partial charge in [-0.3, -0.25) is 14.6 Å². The first-order valence-corrected chi connectivity index (χ1v) is 12.9. The molecular weight excluding hydrogens is 483 g/mol. The van der Waals surface area contributed by atoms with Crippen molar-refractivity contribution in [3.05, 3.63) is 64.2 Å². The maximum Gasteiger partial charge on any atom is 0.416 e. The van der Waals surface area contributed by atoms with Gasteiger partial charge in [-0.15, -0.1) is 0 Å². The van der Waals surface area contributed by atoms with E-state index in [1.165, 1.54) is 23.3 Å². The minimum absolute atomic E-state index is 0.171. The van der Waals surface area contributed by atoms with Gasteiger partial charge in [0.2, 0.25) is 0 Å². The summed E-state index contributed by atoms with van der Waals surface area (Å²) in [6.07, 6.45) is -4.41. The summed E-state index contributed by atoms with van der Waals surface area (Å²) in [4.78, 5) is 19.2. The molecule has 2 aliphatic rings. The van der Waals surface area contributed by atoms with Gasteiger partial charge in [-0.25, -0.2) is 0 Å². The van der Waals surface area contributed by atoms with Crippen molar-refractivity contribution in [2.45, 2.75) is 33.0 Å². The lowest BCUT2D eigenvalue weighted by Crippen LogP contribution is -2.49. The molecule has 2 fully saturated rings. The summed E-state index contributed by atoms with van der Waals surface area (Å²) in [7, 11) is 0. The first-order chi connectivity index (χ1) is 17.6. The number of alkyl halides is 3. The second-order valence-corrected chi connectivity index (χ2v) is 9.78. The Labute approximate surface area is 216 Å². The lowest BCUT2D eigenvalue weighted by atomic mass is 9.96.